The molecule has 0 aliphatic rings. The maximum Gasteiger partial charge on any atom is 0.192 e. The number of rotatable bonds is 5. The zero-order valence-electron chi connectivity index (χ0n) is 14.6. The van der Waals surface area contributed by atoms with Gasteiger partial charge in [0, 0.05) is 15.6 Å². The lowest BCUT2D eigenvalue weighted by molar-refractivity contribution is -0.000749. The second-order valence-corrected chi connectivity index (χ2v) is 13.2. The van der Waals surface area contributed by atoms with E-state index in [1.807, 2.05) is 13.8 Å². The molecule has 126 valence electrons. The van der Waals surface area contributed by atoms with Gasteiger partial charge in [0.1, 0.15) is 6.10 Å². The highest BCUT2D eigenvalue weighted by Crippen LogP contribution is 2.41. The molecule has 0 amide bonds. The molecule has 0 radical (unpaired) electrons. The van der Waals surface area contributed by atoms with Crippen LogP contribution in [0.3, 0.4) is 0 Å². The molecule has 1 aromatic rings. The molecule has 2 atom stereocenters. The molecule has 2 nitrogen and oxygen atoms in total. The molecule has 1 aromatic carbocycles. The van der Waals surface area contributed by atoms with Crippen LogP contribution >= 0.6 is 23.2 Å². The van der Waals surface area contributed by atoms with Crippen LogP contribution in [0.1, 0.15) is 46.3 Å². The van der Waals surface area contributed by atoms with Crippen molar-refractivity contribution in [1.82, 2.24) is 0 Å². The predicted molar refractivity (Wildman–Crippen MR) is 98.3 cm³/mol. The van der Waals surface area contributed by atoms with Gasteiger partial charge in [0.2, 0.25) is 0 Å². The van der Waals surface area contributed by atoms with Crippen molar-refractivity contribution in [2.45, 2.75) is 65.0 Å². The molecule has 1 rings (SSSR count). The van der Waals surface area contributed by atoms with Crippen molar-refractivity contribution in [3.63, 3.8) is 0 Å². The van der Waals surface area contributed by atoms with Crippen molar-refractivity contribution in [2.24, 2.45) is 5.92 Å². The smallest absolute Gasteiger partial charge is 0.192 e. The Balaban J connectivity index is 3.17. The summed E-state index contributed by atoms with van der Waals surface area (Å²) >= 11 is 12.5. The molecule has 0 saturated carbocycles. The fourth-order valence-electron chi connectivity index (χ4n) is 2.04. The van der Waals surface area contributed by atoms with Gasteiger partial charge in [-0.3, -0.25) is 0 Å². The molecule has 0 aromatic heterocycles. The standard InChI is InChI=1S/C17H28Cl2O2Si/c1-11(2)16(21-22(6,7)17(3,4)5)15(20)14-12(18)9-8-10-13(14)19/h8-11,15-16,20H,1-7H3/t15-,16-/m1/s1. The minimum atomic E-state index is -2.01. The van der Waals surface area contributed by atoms with Crippen LogP contribution in [0.2, 0.25) is 28.2 Å². The van der Waals surface area contributed by atoms with Crippen molar-refractivity contribution in [2.75, 3.05) is 0 Å². The van der Waals surface area contributed by atoms with Crippen LogP contribution in [0, 0.1) is 5.92 Å². The Hall–Kier alpha value is -0.0631. The Morgan fingerprint density at radius 3 is 1.91 bits per heavy atom. The Morgan fingerprint density at radius 1 is 1.09 bits per heavy atom. The Kier molecular flexibility index (Phi) is 6.56. The third-order valence-electron chi connectivity index (χ3n) is 4.50. The van der Waals surface area contributed by atoms with Gasteiger partial charge in [-0.2, -0.15) is 0 Å². The average Bonchev–Trinajstić information content (AvgIpc) is 2.33. The molecule has 0 aliphatic heterocycles. The molecule has 0 unspecified atom stereocenters. The van der Waals surface area contributed by atoms with Crippen LogP contribution in [0.4, 0.5) is 0 Å². The summed E-state index contributed by atoms with van der Waals surface area (Å²) < 4.78 is 6.46. The molecular formula is C17H28Cl2O2Si. The maximum atomic E-state index is 10.9. The molecule has 0 heterocycles. The normalized spacial score (nSPS) is 16.0. The summed E-state index contributed by atoms with van der Waals surface area (Å²) in [7, 11) is -2.01. The summed E-state index contributed by atoms with van der Waals surface area (Å²) in [6.07, 6.45) is -1.17. The first-order valence-electron chi connectivity index (χ1n) is 7.68. The van der Waals surface area contributed by atoms with Gasteiger partial charge in [0.15, 0.2) is 8.32 Å². The van der Waals surface area contributed by atoms with Crippen LogP contribution in [0.15, 0.2) is 18.2 Å². The van der Waals surface area contributed by atoms with E-state index in [4.69, 9.17) is 27.6 Å². The average molecular weight is 363 g/mol. The minimum absolute atomic E-state index is 0.0735. The van der Waals surface area contributed by atoms with Crippen molar-refractivity contribution in [3.8, 4) is 0 Å². The summed E-state index contributed by atoms with van der Waals surface area (Å²) in [5.74, 6) is 0.150. The summed E-state index contributed by atoms with van der Waals surface area (Å²) in [6, 6.07) is 5.27. The summed E-state index contributed by atoms with van der Waals surface area (Å²) in [4.78, 5) is 0. The van der Waals surface area contributed by atoms with E-state index in [0.717, 1.165) is 0 Å². The SMILES string of the molecule is CC(C)[C@@H](O[Si](C)(C)C(C)(C)C)[C@H](O)c1c(Cl)cccc1Cl. The highest BCUT2D eigenvalue weighted by atomic mass is 35.5. The van der Waals surface area contributed by atoms with E-state index >= 15 is 0 Å². The predicted octanol–water partition coefficient (Wildman–Crippen LogP) is 6.07. The number of hydrogen-bond acceptors (Lipinski definition) is 2. The monoisotopic (exact) mass is 362 g/mol. The lowest BCUT2D eigenvalue weighted by Crippen LogP contribution is -2.47. The van der Waals surface area contributed by atoms with Crippen molar-refractivity contribution in [1.29, 1.82) is 0 Å². The second kappa shape index (κ2) is 7.23. The molecule has 0 bridgehead atoms. The van der Waals surface area contributed by atoms with E-state index < -0.39 is 14.4 Å². The largest absolute Gasteiger partial charge is 0.411 e. The van der Waals surface area contributed by atoms with Gasteiger partial charge < -0.3 is 9.53 Å². The van der Waals surface area contributed by atoms with Crippen molar-refractivity contribution < 1.29 is 9.53 Å². The summed E-state index contributed by atoms with van der Waals surface area (Å²) in [5.41, 5.74) is 0.559. The lowest BCUT2D eigenvalue weighted by atomic mass is 9.96. The second-order valence-electron chi connectivity index (χ2n) is 7.67. The molecule has 0 fully saturated rings. The van der Waals surface area contributed by atoms with Crippen molar-refractivity contribution in [3.05, 3.63) is 33.8 Å². The zero-order chi connectivity index (χ0) is 17.3. The van der Waals surface area contributed by atoms with Crippen LogP contribution in [0.25, 0.3) is 0 Å². The van der Waals surface area contributed by atoms with Crippen LogP contribution in [-0.2, 0) is 4.43 Å². The van der Waals surface area contributed by atoms with Gasteiger partial charge >= 0.3 is 0 Å². The topological polar surface area (TPSA) is 29.5 Å². The fourth-order valence-corrected chi connectivity index (χ4v) is 4.10. The minimum Gasteiger partial charge on any atom is -0.411 e. The van der Waals surface area contributed by atoms with E-state index in [1.165, 1.54) is 0 Å². The highest BCUT2D eigenvalue weighted by molar-refractivity contribution is 6.74. The Bertz CT molecular complexity index is 490. The van der Waals surface area contributed by atoms with E-state index in [9.17, 15) is 5.11 Å². The zero-order valence-corrected chi connectivity index (χ0v) is 17.1. The van der Waals surface area contributed by atoms with Gasteiger partial charge in [0.05, 0.1) is 6.10 Å². The number of hydrogen-bond donors (Lipinski definition) is 1. The van der Waals surface area contributed by atoms with Crippen molar-refractivity contribution >= 4 is 31.5 Å². The van der Waals surface area contributed by atoms with E-state index in [0.29, 0.717) is 15.6 Å². The first-order chi connectivity index (χ1) is 9.88. The van der Waals surface area contributed by atoms with E-state index in [-0.39, 0.29) is 17.1 Å². The number of aliphatic hydroxyl groups excluding tert-OH is 1. The molecule has 1 N–H and O–H groups in total. The third kappa shape index (κ3) is 4.48. The molecule has 5 heteroatoms. The van der Waals surface area contributed by atoms with Crippen LogP contribution in [-0.4, -0.2) is 19.5 Å². The quantitative estimate of drug-likeness (QED) is 0.643. The number of aliphatic hydroxyl groups is 1. The lowest BCUT2D eigenvalue weighted by Gasteiger charge is -2.42. The van der Waals surface area contributed by atoms with Gasteiger partial charge in [0.25, 0.3) is 0 Å². The molecular weight excluding hydrogens is 335 g/mol. The summed E-state index contributed by atoms with van der Waals surface area (Å²) in [6.45, 7) is 15.0. The number of halogens is 2. The molecule has 22 heavy (non-hydrogen) atoms. The maximum absolute atomic E-state index is 10.9. The molecule has 0 saturated heterocycles. The van der Waals surface area contributed by atoms with Gasteiger partial charge in [-0.15, -0.1) is 0 Å². The van der Waals surface area contributed by atoms with Gasteiger partial charge in [-0.05, 0) is 36.2 Å². The highest BCUT2D eigenvalue weighted by Gasteiger charge is 2.42. The summed E-state index contributed by atoms with van der Waals surface area (Å²) in [5, 5.41) is 11.9. The Labute approximate surface area is 145 Å². The number of benzene rings is 1. The van der Waals surface area contributed by atoms with Gasteiger partial charge in [-0.1, -0.05) is 63.9 Å². The Morgan fingerprint density at radius 2 is 1.55 bits per heavy atom. The molecule has 0 spiro atoms. The third-order valence-corrected chi connectivity index (χ3v) is 9.63. The van der Waals surface area contributed by atoms with Gasteiger partial charge in [-0.25, -0.2) is 0 Å². The fraction of sp³-hybridized carbons (Fsp3) is 0.647. The van der Waals surface area contributed by atoms with Crippen LogP contribution in [0.5, 0.6) is 0 Å². The molecule has 0 aliphatic carbocycles. The van der Waals surface area contributed by atoms with E-state index in [2.05, 4.69) is 33.9 Å². The first kappa shape index (κ1) is 20.0. The first-order valence-corrected chi connectivity index (χ1v) is 11.3. The van der Waals surface area contributed by atoms with E-state index in [1.54, 1.807) is 18.2 Å². The van der Waals surface area contributed by atoms with Crippen LogP contribution < -0.4 is 0 Å².